The molecule has 0 bridgehead atoms. The molecule has 4 rings (SSSR count). The van der Waals surface area contributed by atoms with E-state index in [0.717, 1.165) is 35.6 Å². The van der Waals surface area contributed by atoms with Crippen LogP contribution in [0.15, 0.2) is 36.4 Å². The average Bonchev–Trinajstić information content (AvgIpc) is 3.09. The van der Waals surface area contributed by atoms with Crippen LogP contribution < -0.4 is 21.3 Å². The van der Waals surface area contributed by atoms with Gasteiger partial charge in [0.25, 0.3) is 5.91 Å². The van der Waals surface area contributed by atoms with Gasteiger partial charge in [-0.25, -0.2) is 13.6 Å². The number of carbonyl (C=O) groups excluding carboxylic acids is 2. The van der Waals surface area contributed by atoms with Gasteiger partial charge in [0.05, 0.1) is 21.5 Å². The number of hydrogen-bond acceptors (Lipinski definition) is 4. The maximum absolute atomic E-state index is 14.1. The van der Waals surface area contributed by atoms with Crippen molar-refractivity contribution in [2.24, 2.45) is 0 Å². The van der Waals surface area contributed by atoms with Crippen LogP contribution in [0.3, 0.4) is 0 Å². The first-order valence-corrected chi connectivity index (χ1v) is 11.6. The van der Waals surface area contributed by atoms with Crippen molar-refractivity contribution in [3.63, 3.8) is 0 Å². The highest BCUT2D eigenvalue weighted by Gasteiger charge is 2.34. The van der Waals surface area contributed by atoms with Gasteiger partial charge in [-0.3, -0.25) is 4.79 Å². The minimum atomic E-state index is -4.74. The first kappa shape index (κ1) is 25.7. The predicted octanol–water partition coefficient (Wildman–Crippen LogP) is 5.57. The number of carbonyl (C=O) groups is 2. The van der Waals surface area contributed by atoms with E-state index in [1.807, 2.05) is 0 Å². The van der Waals surface area contributed by atoms with E-state index in [1.165, 1.54) is 13.1 Å². The fourth-order valence-electron chi connectivity index (χ4n) is 3.88. The second-order valence-corrected chi connectivity index (χ2v) is 9.28. The molecule has 3 aromatic rings. The van der Waals surface area contributed by atoms with Gasteiger partial charge in [0.2, 0.25) is 0 Å². The first-order valence-electron chi connectivity index (χ1n) is 10.5. The van der Waals surface area contributed by atoms with Crippen molar-refractivity contribution in [1.29, 1.82) is 0 Å². The fourth-order valence-corrected chi connectivity index (χ4v) is 5.30. The Morgan fingerprint density at radius 2 is 1.92 bits per heavy atom. The number of benzene rings is 2. The average molecular weight is 545 g/mol. The van der Waals surface area contributed by atoms with Gasteiger partial charge in [-0.05, 0) is 42.0 Å². The Hall–Kier alpha value is -3.38. The molecule has 36 heavy (non-hydrogen) atoms. The van der Waals surface area contributed by atoms with Crippen LogP contribution in [0.4, 0.5) is 31.7 Å². The van der Waals surface area contributed by atoms with Crippen LogP contribution in [-0.4, -0.2) is 19.0 Å². The zero-order valence-electron chi connectivity index (χ0n) is 18.4. The van der Waals surface area contributed by atoms with E-state index in [-0.39, 0.29) is 34.1 Å². The summed E-state index contributed by atoms with van der Waals surface area (Å²) in [7, 11) is 1.42. The molecule has 13 heteroatoms. The number of halogens is 6. The number of amides is 3. The van der Waals surface area contributed by atoms with Crippen LogP contribution in [0.5, 0.6) is 0 Å². The van der Waals surface area contributed by atoms with Gasteiger partial charge in [-0.2, -0.15) is 13.2 Å². The summed E-state index contributed by atoms with van der Waals surface area (Å²) in [6.07, 6.45) is -4.74. The molecule has 0 saturated carbocycles. The van der Waals surface area contributed by atoms with Gasteiger partial charge >= 0.3 is 12.2 Å². The van der Waals surface area contributed by atoms with Gasteiger partial charge in [-0.1, -0.05) is 11.6 Å². The van der Waals surface area contributed by atoms with Crippen molar-refractivity contribution in [2.45, 2.75) is 25.3 Å². The number of fused-ring (bicyclic) bond motifs is 1. The van der Waals surface area contributed by atoms with E-state index in [2.05, 4.69) is 21.3 Å². The maximum Gasteiger partial charge on any atom is 0.416 e. The third kappa shape index (κ3) is 5.24. The Balaban J connectivity index is 1.81. The van der Waals surface area contributed by atoms with Gasteiger partial charge < -0.3 is 21.3 Å². The normalized spacial score (nSPS) is 15.4. The third-order valence-corrected chi connectivity index (χ3v) is 7.03. The van der Waals surface area contributed by atoms with E-state index in [4.69, 9.17) is 11.6 Å². The monoisotopic (exact) mass is 544 g/mol. The van der Waals surface area contributed by atoms with Gasteiger partial charge in [0.1, 0.15) is 11.6 Å². The molecule has 0 radical (unpaired) electrons. The molecule has 1 aromatic heterocycles. The Morgan fingerprint density at radius 1 is 1.17 bits per heavy atom. The summed E-state index contributed by atoms with van der Waals surface area (Å²) >= 11 is 7.31. The lowest BCUT2D eigenvalue weighted by Gasteiger charge is -2.21. The molecule has 4 N–H and O–H groups in total. The SMILES string of the molecule is CNC(=O)c1sc(NCc2cc(F)cc(C(F)(F)F)c2)c2c1CNC(=O)N[C@@H]2c1cc(F)ccc1Cl. The molecule has 0 aliphatic carbocycles. The van der Waals surface area contributed by atoms with E-state index < -0.39 is 41.4 Å². The number of anilines is 1. The molecule has 190 valence electrons. The Bertz CT molecular complexity index is 1340. The third-order valence-electron chi connectivity index (χ3n) is 5.48. The molecule has 0 spiro atoms. The number of alkyl halides is 3. The summed E-state index contributed by atoms with van der Waals surface area (Å²) in [6.45, 7) is -0.282. The summed E-state index contributed by atoms with van der Waals surface area (Å²) in [4.78, 5) is 25.3. The molecule has 6 nitrogen and oxygen atoms in total. The fraction of sp³-hybridized carbons (Fsp3) is 0.217. The molecular formula is C23H18ClF5N4O2S. The standard InChI is InChI=1S/C23H18ClF5N4O2S/c1-30-20(34)19-15-9-32-22(35)33-18(14-7-12(25)2-3-16(14)24)17(15)21(36-19)31-8-10-4-11(23(27,28)29)6-13(26)5-10/h2-7,18,31H,8-9H2,1H3,(H,30,34)(H2,32,33,35)/t18-/m1/s1. The lowest BCUT2D eigenvalue weighted by atomic mass is 9.95. The van der Waals surface area contributed by atoms with Crippen molar-refractivity contribution in [1.82, 2.24) is 16.0 Å². The predicted molar refractivity (Wildman–Crippen MR) is 125 cm³/mol. The topological polar surface area (TPSA) is 82.3 Å². The minimum absolute atomic E-state index is 0.00193. The van der Waals surface area contributed by atoms with Gasteiger partial charge in [0.15, 0.2) is 0 Å². The molecular weight excluding hydrogens is 527 g/mol. The van der Waals surface area contributed by atoms with Crippen LogP contribution in [0.2, 0.25) is 5.02 Å². The lowest BCUT2D eigenvalue weighted by molar-refractivity contribution is -0.137. The number of nitrogens with one attached hydrogen (secondary N) is 4. The second kappa shape index (κ2) is 9.94. The van der Waals surface area contributed by atoms with Crippen molar-refractivity contribution in [2.75, 3.05) is 12.4 Å². The summed E-state index contributed by atoms with van der Waals surface area (Å²) in [5, 5.41) is 11.2. The first-order chi connectivity index (χ1) is 17.0. The maximum atomic E-state index is 14.1. The van der Waals surface area contributed by atoms with Crippen LogP contribution in [0.1, 0.15) is 43.5 Å². The quantitative estimate of drug-likeness (QED) is 0.317. The van der Waals surface area contributed by atoms with E-state index >= 15 is 0 Å². The highest BCUT2D eigenvalue weighted by molar-refractivity contribution is 7.18. The van der Waals surface area contributed by atoms with E-state index in [9.17, 15) is 31.5 Å². The Morgan fingerprint density at radius 3 is 2.61 bits per heavy atom. The molecule has 0 saturated heterocycles. The highest BCUT2D eigenvalue weighted by atomic mass is 35.5. The Kier molecular flexibility index (Phi) is 7.10. The van der Waals surface area contributed by atoms with Crippen LogP contribution >= 0.6 is 22.9 Å². The molecule has 3 amide bonds. The van der Waals surface area contributed by atoms with E-state index in [1.54, 1.807) is 0 Å². The van der Waals surface area contributed by atoms with Crippen LogP contribution in [0.25, 0.3) is 0 Å². The second-order valence-electron chi connectivity index (χ2n) is 7.86. The number of thiophene rings is 1. The smallest absolute Gasteiger partial charge is 0.373 e. The van der Waals surface area contributed by atoms with Gasteiger partial charge in [0, 0.05) is 41.9 Å². The number of hydrogen-bond donors (Lipinski definition) is 4. The van der Waals surface area contributed by atoms with Crippen LogP contribution in [-0.2, 0) is 19.3 Å². The largest absolute Gasteiger partial charge is 0.416 e. The zero-order chi connectivity index (χ0) is 26.2. The van der Waals surface area contributed by atoms with Crippen molar-refractivity contribution in [3.8, 4) is 0 Å². The van der Waals surface area contributed by atoms with Crippen molar-refractivity contribution in [3.05, 3.63) is 85.7 Å². The van der Waals surface area contributed by atoms with Gasteiger partial charge in [-0.15, -0.1) is 11.3 Å². The minimum Gasteiger partial charge on any atom is -0.373 e. The number of urea groups is 1. The highest BCUT2D eigenvalue weighted by Crippen LogP contribution is 2.43. The van der Waals surface area contributed by atoms with Crippen molar-refractivity contribution < 1.29 is 31.5 Å². The summed E-state index contributed by atoms with van der Waals surface area (Å²) < 4.78 is 67.4. The molecule has 0 unspecified atom stereocenters. The summed E-state index contributed by atoms with van der Waals surface area (Å²) in [6, 6.07) is 4.18. The lowest BCUT2D eigenvalue weighted by Crippen LogP contribution is -2.35. The molecule has 1 atom stereocenters. The van der Waals surface area contributed by atoms with Crippen LogP contribution in [0, 0.1) is 11.6 Å². The Labute approximate surface area is 210 Å². The van der Waals surface area contributed by atoms with E-state index in [0.29, 0.717) is 22.2 Å². The molecule has 0 fully saturated rings. The van der Waals surface area contributed by atoms with Crippen molar-refractivity contribution >= 4 is 39.9 Å². The molecule has 2 aromatic carbocycles. The summed E-state index contributed by atoms with van der Waals surface area (Å²) in [5.74, 6) is -2.13. The molecule has 1 aliphatic heterocycles. The number of rotatable bonds is 5. The molecule has 2 heterocycles. The summed E-state index contributed by atoms with van der Waals surface area (Å²) in [5.41, 5.74) is -0.125. The zero-order valence-corrected chi connectivity index (χ0v) is 20.0. The molecule has 1 aliphatic rings.